The highest BCUT2D eigenvalue weighted by Gasteiger charge is 2.32. The quantitative estimate of drug-likeness (QED) is 0.845. The van der Waals surface area contributed by atoms with Gasteiger partial charge in [0, 0.05) is 29.9 Å². The highest BCUT2D eigenvalue weighted by Crippen LogP contribution is 2.29. The monoisotopic (exact) mass is 276 g/mol. The zero-order valence-electron chi connectivity index (χ0n) is 12.7. The van der Waals surface area contributed by atoms with Crippen molar-refractivity contribution in [3.05, 3.63) is 23.8 Å². The third-order valence-corrected chi connectivity index (χ3v) is 4.27. The van der Waals surface area contributed by atoms with Crippen molar-refractivity contribution >= 4 is 11.6 Å². The highest BCUT2D eigenvalue weighted by atomic mass is 16.5. The summed E-state index contributed by atoms with van der Waals surface area (Å²) in [6.07, 6.45) is 1.17. The van der Waals surface area contributed by atoms with E-state index >= 15 is 0 Å². The Labute approximate surface area is 120 Å². The average Bonchev–Trinajstić information content (AvgIpc) is 2.41. The van der Waals surface area contributed by atoms with Gasteiger partial charge in [-0.05, 0) is 37.3 Å². The smallest absolute Gasteiger partial charge is 0.254 e. The lowest BCUT2D eigenvalue weighted by Gasteiger charge is -2.41. The van der Waals surface area contributed by atoms with Gasteiger partial charge < -0.3 is 15.4 Å². The molecule has 0 radical (unpaired) electrons. The van der Waals surface area contributed by atoms with Crippen LogP contribution in [0.2, 0.25) is 0 Å². The van der Waals surface area contributed by atoms with Crippen molar-refractivity contribution in [3.8, 4) is 5.75 Å². The Hall–Kier alpha value is -1.71. The summed E-state index contributed by atoms with van der Waals surface area (Å²) in [5.74, 6) is 1.72. The molecule has 1 amide bonds. The molecule has 2 rings (SSSR count). The number of carbonyl (C=O) groups is 1. The van der Waals surface area contributed by atoms with Gasteiger partial charge in [-0.1, -0.05) is 13.8 Å². The summed E-state index contributed by atoms with van der Waals surface area (Å²) in [4.78, 5) is 14.7. The van der Waals surface area contributed by atoms with Gasteiger partial charge in [-0.15, -0.1) is 0 Å². The molecule has 4 heteroatoms. The minimum absolute atomic E-state index is 0.0431. The van der Waals surface area contributed by atoms with Crippen LogP contribution in [-0.2, 0) is 0 Å². The lowest BCUT2D eigenvalue weighted by Crippen LogP contribution is -2.48. The molecule has 2 N–H and O–H groups in total. The number of nitrogens with zero attached hydrogens (tertiary/aromatic N) is 1. The normalized spacial score (nSPS) is 26.4. The third kappa shape index (κ3) is 2.89. The van der Waals surface area contributed by atoms with E-state index in [2.05, 4.69) is 20.8 Å². The van der Waals surface area contributed by atoms with E-state index < -0.39 is 0 Å². The van der Waals surface area contributed by atoms with Gasteiger partial charge in [-0.2, -0.15) is 0 Å². The molecule has 3 unspecified atom stereocenters. The number of methoxy groups -OCH3 is 1. The number of amides is 1. The molecule has 3 atom stereocenters. The molecule has 1 heterocycles. The summed E-state index contributed by atoms with van der Waals surface area (Å²) in [5, 5.41) is 0. The maximum absolute atomic E-state index is 12.7. The van der Waals surface area contributed by atoms with Gasteiger partial charge in [0.25, 0.3) is 5.91 Å². The second kappa shape index (κ2) is 5.73. The van der Waals surface area contributed by atoms with Gasteiger partial charge in [-0.25, -0.2) is 0 Å². The number of ether oxygens (including phenoxy) is 1. The number of carbonyl (C=O) groups excluding carboxylic acids is 1. The molecule has 1 saturated heterocycles. The van der Waals surface area contributed by atoms with Crippen LogP contribution in [0.15, 0.2) is 18.2 Å². The van der Waals surface area contributed by atoms with Gasteiger partial charge in [0.15, 0.2) is 0 Å². The predicted octanol–water partition coefficient (Wildman–Crippen LogP) is 2.78. The minimum Gasteiger partial charge on any atom is -0.497 e. The summed E-state index contributed by atoms with van der Waals surface area (Å²) in [6.45, 7) is 7.34. The second-order valence-electron chi connectivity index (χ2n) is 6.01. The lowest BCUT2D eigenvalue weighted by atomic mass is 9.85. The molecule has 0 bridgehead atoms. The highest BCUT2D eigenvalue weighted by molar-refractivity contribution is 5.95. The summed E-state index contributed by atoms with van der Waals surface area (Å²) < 4.78 is 5.19. The van der Waals surface area contributed by atoms with Crippen LogP contribution >= 0.6 is 0 Å². The van der Waals surface area contributed by atoms with Crippen molar-refractivity contribution in [1.29, 1.82) is 0 Å². The van der Waals surface area contributed by atoms with E-state index in [0.29, 0.717) is 28.8 Å². The molecule has 0 aliphatic carbocycles. The summed E-state index contributed by atoms with van der Waals surface area (Å²) in [5.41, 5.74) is 7.00. The molecule has 1 aliphatic heterocycles. The predicted molar refractivity (Wildman–Crippen MR) is 80.8 cm³/mol. The van der Waals surface area contributed by atoms with Crippen molar-refractivity contribution < 1.29 is 9.53 Å². The number of anilines is 1. The largest absolute Gasteiger partial charge is 0.497 e. The van der Waals surface area contributed by atoms with Crippen molar-refractivity contribution in [2.45, 2.75) is 33.2 Å². The first-order valence-corrected chi connectivity index (χ1v) is 7.18. The maximum atomic E-state index is 12.7. The Morgan fingerprint density at radius 1 is 1.30 bits per heavy atom. The van der Waals surface area contributed by atoms with Crippen molar-refractivity contribution in [2.75, 3.05) is 19.4 Å². The van der Waals surface area contributed by atoms with E-state index in [4.69, 9.17) is 10.5 Å². The van der Waals surface area contributed by atoms with E-state index in [9.17, 15) is 4.79 Å². The van der Waals surface area contributed by atoms with Crippen LogP contribution in [0.25, 0.3) is 0 Å². The molecular weight excluding hydrogens is 252 g/mol. The zero-order valence-corrected chi connectivity index (χ0v) is 12.7. The molecule has 20 heavy (non-hydrogen) atoms. The Morgan fingerprint density at radius 2 is 2.00 bits per heavy atom. The van der Waals surface area contributed by atoms with Crippen LogP contribution in [0.4, 0.5) is 5.69 Å². The van der Waals surface area contributed by atoms with E-state index in [-0.39, 0.29) is 11.9 Å². The van der Waals surface area contributed by atoms with Crippen LogP contribution in [-0.4, -0.2) is 30.5 Å². The number of nitrogens with two attached hydrogens (primary N) is 1. The number of benzene rings is 1. The fourth-order valence-electron chi connectivity index (χ4n) is 3.01. The lowest BCUT2D eigenvalue weighted by molar-refractivity contribution is 0.0455. The van der Waals surface area contributed by atoms with Crippen molar-refractivity contribution in [1.82, 2.24) is 4.90 Å². The molecule has 0 spiro atoms. The maximum Gasteiger partial charge on any atom is 0.254 e. The van der Waals surface area contributed by atoms with Crippen LogP contribution < -0.4 is 10.5 Å². The minimum atomic E-state index is 0.0431. The Bertz CT molecular complexity index is 501. The topological polar surface area (TPSA) is 55.6 Å². The zero-order chi connectivity index (χ0) is 14.9. The molecule has 0 saturated carbocycles. The molecule has 110 valence electrons. The molecular formula is C16H24N2O2. The van der Waals surface area contributed by atoms with Crippen LogP contribution in [0.1, 0.15) is 37.6 Å². The van der Waals surface area contributed by atoms with Gasteiger partial charge >= 0.3 is 0 Å². The Kier molecular flexibility index (Phi) is 4.21. The van der Waals surface area contributed by atoms with Crippen molar-refractivity contribution in [3.63, 3.8) is 0 Å². The first-order chi connectivity index (χ1) is 9.42. The van der Waals surface area contributed by atoms with Crippen LogP contribution in [0, 0.1) is 11.8 Å². The average molecular weight is 276 g/mol. The SMILES string of the molecule is COc1cc(N)cc(C(=O)N2CC(C)CC(C)C2C)c1. The summed E-state index contributed by atoms with van der Waals surface area (Å²) in [6, 6.07) is 5.46. The summed E-state index contributed by atoms with van der Waals surface area (Å²) >= 11 is 0. The Balaban J connectivity index is 2.28. The summed E-state index contributed by atoms with van der Waals surface area (Å²) in [7, 11) is 1.58. The van der Waals surface area contributed by atoms with E-state index in [0.717, 1.165) is 6.54 Å². The van der Waals surface area contributed by atoms with Crippen molar-refractivity contribution in [2.24, 2.45) is 11.8 Å². The fourth-order valence-corrected chi connectivity index (χ4v) is 3.01. The molecule has 1 aliphatic rings. The molecule has 4 nitrogen and oxygen atoms in total. The van der Waals surface area contributed by atoms with Gasteiger partial charge in [0.1, 0.15) is 5.75 Å². The number of likely N-dealkylation sites (tertiary alicyclic amines) is 1. The molecule has 0 aromatic heterocycles. The van der Waals surface area contributed by atoms with Gasteiger partial charge in [0.05, 0.1) is 7.11 Å². The number of piperidine rings is 1. The third-order valence-electron chi connectivity index (χ3n) is 4.27. The van der Waals surface area contributed by atoms with E-state index in [1.54, 1.807) is 25.3 Å². The van der Waals surface area contributed by atoms with E-state index in [1.165, 1.54) is 6.42 Å². The molecule has 1 fully saturated rings. The number of rotatable bonds is 2. The van der Waals surface area contributed by atoms with Gasteiger partial charge in [0.2, 0.25) is 0 Å². The van der Waals surface area contributed by atoms with Crippen LogP contribution in [0.5, 0.6) is 5.75 Å². The van der Waals surface area contributed by atoms with E-state index in [1.807, 2.05) is 4.90 Å². The first kappa shape index (κ1) is 14.7. The Morgan fingerprint density at radius 3 is 2.65 bits per heavy atom. The first-order valence-electron chi connectivity index (χ1n) is 7.18. The molecule has 1 aromatic carbocycles. The fraction of sp³-hybridized carbons (Fsp3) is 0.562. The number of hydrogen-bond donors (Lipinski definition) is 1. The number of hydrogen-bond acceptors (Lipinski definition) is 3. The van der Waals surface area contributed by atoms with Gasteiger partial charge in [-0.3, -0.25) is 4.79 Å². The molecule has 1 aromatic rings. The second-order valence-corrected chi connectivity index (χ2v) is 6.01. The van der Waals surface area contributed by atoms with Crippen LogP contribution in [0.3, 0.4) is 0 Å². The number of nitrogen functional groups attached to an aromatic ring is 1. The standard InChI is InChI=1S/C16H24N2O2/c1-10-5-11(2)12(3)18(9-10)16(19)13-6-14(17)8-15(7-13)20-4/h6-8,10-12H,5,9,17H2,1-4H3.